The number of hydrogen-bond donors (Lipinski definition) is 1. The first-order chi connectivity index (χ1) is 8.64. The van der Waals surface area contributed by atoms with Gasteiger partial charge in [0.15, 0.2) is 0 Å². The summed E-state index contributed by atoms with van der Waals surface area (Å²) < 4.78 is 11.0. The Morgan fingerprint density at radius 3 is 2.33 bits per heavy atom. The summed E-state index contributed by atoms with van der Waals surface area (Å²) in [5, 5.41) is 0. The van der Waals surface area contributed by atoms with Crippen LogP contribution in [0.15, 0.2) is 17.0 Å². The van der Waals surface area contributed by atoms with Crippen molar-refractivity contribution in [1.29, 1.82) is 0 Å². The average Bonchev–Trinajstić information content (AvgIpc) is 2.85. The van der Waals surface area contributed by atoms with Crippen LogP contribution < -0.4 is 15.2 Å². The Kier molecular flexibility index (Phi) is 4.07. The van der Waals surface area contributed by atoms with Crippen molar-refractivity contribution >= 4 is 11.8 Å². The largest absolute Gasteiger partial charge is 0.497 e. The SMILES string of the molecule is COc1cc(SC)c(OC)c(C2(N)CCCC2)c1. The van der Waals surface area contributed by atoms with Crippen LogP contribution in [0.3, 0.4) is 0 Å². The molecule has 1 saturated carbocycles. The zero-order valence-corrected chi connectivity index (χ0v) is 12.1. The highest BCUT2D eigenvalue weighted by Crippen LogP contribution is 2.45. The quantitative estimate of drug-likeness (QED) is 0.851. The van der Waals surface area contributed by atoms with Crippen LogP contribution in [0, 0.1) is 0 Å². The van der Waals surface area contributed by atoms with Crippen molar-refractivity contribution < 1.29 is 9.47 Å². The van der Waals surface area contributed by atoms with Gasteiger partial charge in [0.2, 0.25) is 0 Å². The smallest absolute Gasteiger partial charge is 0.137 e. The third-order valence-electron chi connectivity index (χ3n) is 3.72. The molecule has 2 N–H and O–H groups in total. The molecular formula is C14H21NO2S. The molecule has 1 aliphatic carbocycles. The second-order valence-electron chi connectivity index (χ2n) is 4.77. The van der Waals surface area contributed by atoms with Gasteiger partial charge in [-0.2, -0.15) is 0 Å². The van der Waals surface area contributed by atoms with Crippen molar-refractivity contribution in [1.82, 2.24) is 0 Å². The second kappa shape index (κ2) is 5.41. The molecule has 1 aromatic carbocycles. The Balaban J connectivity index is 2.55. The molecule has 0 spiro atoms. The normalized spacial score (nSPS) is 17.8. The van der Waals surface area contributed by atoms with Gasteiger partial charge < -0.3 is 15.2 Å². The number of methoxy groups -OCH3 is 2. The van der Waals surface area contributed by atoms with Crippen LogP contribution in [0.25, 0.3) is 0 Å². The second-order valence-corrected chi connectivity index (χ2v) is 5.62. The maximum Gasteiger partial charge on any atom is 0.137 e. The Morgan fingerprint density at radius 1 is 1.17 bits per heavy atom. The van der Waals surface area contributed by atoms with E-state index in [4.69, 9.17) is 15.2 Å². The molecule has 0 radical (unpaired) electrons. The first-order valence-corrected chi connectivity index (χ1v) is 7.46. The van der Waals surface area contributed by atoms with Crippen LogP contribution in [0.5, 0.6) is 11.5 Å². The van der Waals surface area contributed by atoms with E-state index in [1.807, 2.05) is 18.4 Å². The summed E-state index contributed by atoms with van der Waals surface area (Å²) in [5.74, 6) is 1.76. The van der Waals surface area contributed by atoms with E-state index in [1.54, 1.807) is 26.0 Å². The molecule has 1 aromatic rings. The third kappa shape index (κ3) is 2.31. The van der Waals surface area contributed by atoms with E-state index in [-0.39, 0.29) is 5.54 Å². The average molecular weight is 267 g/mol. The zero-order valence-electron chi connectivity index (χ0n) is 11.3. The Bertz CT molecular complexity index is 428. The van der Waals surface area contributed by atoms with Gasteiger partial charge in [-0.3, -0.25) is 0 Å². The minimum atomic E-state index is -0.260. The minimum absolute atomic E-state index is 0.260. The number of nitrogens with two attached hydrogens (primary N) is 1. The van der Waals surface area contributed by atoms with Gasteiger partial charge in [0.25, 0.3) is 0 Å². The molecular weight excluding hydrogens is 246 g/mol. The Hall–Kier alpha value is -0.870. The number of benzene rings is 1. The summed E-state index contributed by atoms with van der Waals surface area (Å²) in [6.45, 7) is 0. The summed E-state index contributed by atoms with van der Waals surface area (Å²) in [4.78, 5) is 1.09. The fraction of sp³-hybridized carbons (Fsp3) is 0.571. The number of ether oxygens (including phenoxy) is 2. The molecule has 100 valence electrons. The van der Waals surface area contributed by atoms with Crippen LogP contribution in [0.2, 0.25) is 0 Å². The highest BCUT2D eigenvalue weighted by Gasteiger charge is 2.35. The standard InChI is InChI=1S/C14H21NO2S/c1-16-10-8-11(14(15)6-4-5-7-14)13(17-2)12(9-10)18-3/h8-9H,4-7,15H2,1-3H3. The van der Waals surface area contributed by atoms with Gasteiger partial charge >= 0.3 is 0 Å². The molecule has 0 atom stereocenters. The predicted octanol–water partition coefficient (Wildman–Crippen LogP) is 3.15. The summed E-state index contributed by atoms with van der Waals surface area (Å²) in [5.41, 5.74) is 7.39. The van der Waals surface area contributed by atoms with Gasteiger partial charge in [-0.05, 0) is 31.2 Å². The summed E-state index contributed by atoms with van der Waals surface area (Å²) in [6.07, 6.45) is 6.45. The van der Waals surface area contributed by atoms with Gasteiger partial charge in [-0.15, -0.1) is 11.8 Å². The van der Waals surface area contributed by atoms with Crippen molar-refractivity contribution in [3.8, 4) is 11.5 Å². The molecule has 2 rings (SSSR count). The van der Waals surface area contributed by atoms with E-state index in [1.165, 1.54) is 12.8 Å². The molecule has 0 aliphatic heterocycles. The first-order valence-electron chi connectivity index (χ1n) is 6.24. The topological polar surface area (TPSA) is 44.5 Å². The van der Waals surface area contributed by atoms with Crippen molar-refractivity contribution in [3.05, 3.63) is 17.7 Å². The summed E-state index contributed by atoms with van der Waals surface area (Å²) in [6, 6.07) is 4.04. The molecule has 4 heteroatoms. The van der Waals surface area contributed by atoms with E-state index < -0.39 is 0 Å². The first kappa shape index (κ1) is 13.6. The Morgan fingerprint density at radius 2 is 1.83 bits per heavy atom. The molecule has 0 saturated heterocycles. The summed E-state index contributed by atoms with van der Waals surface area (Å²) in [7, 11) is 3.40. The number of hydrogen-bond acceptors (Lipinski definition) is 4. The highest BCUT2D eigenvalue weighted by atomic mass is 32.2. The van der Waals surface area contributed by atoms with Crippen molar-refractivity contribution in [2.45, 2.75) is 36.1 Å². The predicted molar refractivity (Wildman–Crippen MR) is 75.7 cm³/mol. The maximum absolute atomic E-state index is 6.56. The minimum Gasteiger partial charge on any atom is -0.497 e. The molecule has 1 aliphatic rings. The highest BCUT2D eigenvalue weighted by molar-refractivity contribution is 7.98. The van der Waals surface area contributed by atoms with Crippen molar-refractivity contribution in [2.75, 3.05) is 20.5 Å². The lowest BCUT2D eigenvalue weighted by Gasteiger charge is -2.28. The lowest BCUT2D eigenvalue weighted by molar-refractivity contribution is 0.363. The lowest BCUT2D eigenvalue weighted by atomic mass is 9.88. The molecule has 18 heavy (non-hydrogen) atoms. The summed E-state index contributed by atoms with van der Waals surface area (Å²) >= 11 is 1.66. The van der Waals surface area contributed by atoms with Crippen LogP contribution in [0.4, 0.5) is 0 Å². The van der Waals surface area contributed by atoms with E-state index in [0.29, 0.717) is 0 Å². The van der Waals surface area contributed by atoms with E-state index in [0.717, 1.165) is 34.8 Å². The van der Waals surface area contributed by atoms with Crippen LogP contribution in [0.1, 0.15) is 31.2 Å². The molecule has 0 heterocycles. The third-order valence-corrected chi connectivity index (χ3v) is 4.46. The van der Waals surface area contributed by atoms with E-state index >= 15 is 0 Å². The molecule has 0 bridgehead atoms. The van der Waals surface area contributed by atoms with Crippen molar-refractivity contribution in [2.24, 2.45) is 5.73 Å². The lowest BCUT2D eigenvalue weighted by Crippen LogP contribution is -2.33. The van der Waals surface area contributed by atoms with Crippen LogP contribution >= 0.6 is 11.8 Å². The fourth-order valence-electron chi connectivity index (χ4n) is 2.70. The van der Waals surface area contributed by atoms with Crippen LogP contribution in [-0.2, 0) is 5.54 Å². The Labute approximate surface area is 113 Å². The van der Waals surface area contributed by atoms with Gasteiger partial charge in [-0.1, -0.05) is 12.8 Å². The monoisotopic (exact) mass is 267 g/mol. The fourth-order valence-corrected chi connectivity index (χ4v) is 3.31. The molecule has 0 amide bonds. The number of rotatable bonds is 4. The zero-order chi connectivity index (χ0) is 13.2. The van der Waals surface area contributed by atoms with Crippen LogP contribution in [-0.4, -0.2) is 20.5 Å². The van der Waals surface area contributed by atoms with Crippen molar-refractivity contribution in [3.63, 3.8) is 0 Å². The van der Waals surface area contributed by atoms with E-state index in [9.17, 15) is 0 Å². The van der Waals surface area contributed by atoms with Gasteiger partial charge in [-0.25, -0.2) is 0 Å². The van der Waals surface area contributed by atoms with E-state index in [2.05, 4.69) is 0 Å². The molecule has 0 aromatic heterocycles. The number of thioether (sulfide) groups is 1. The van der Waals surface area contributed by atoms with Gasteiger partial charge in [0, 0.05) is 11.1 Å². The molecule has 0 unspecified atom stereocenters. The van der Waals surface area contributed by atoms with Gasteiger partial charge in [0.05, 0.1) is 19.1 Å². The molecule has 3 nitrogen and oxygen atoms in total. The molecule has 1 fully saturated rings. The van der Waals surface area contributed by atoms with Gasteiger partial charge in [0.1, 0.15) is 11.5 Å². The maximum atomic E-state index is 6.56.